The molecule has 0 heterocycles. The van der Waals surface area contributed by atoms with E-state index in [1.807, 2.05) is 0 Å². The predicted octanol–water partition coefficient (Wildman–Crippen LogP) is 3.18. The number of thioether (sulfide) groups is 1. The first kappa shape index (κ1) is 11.4. The van der Waals surface area contributed by atoms with Crippen molar-refractivity contribution in [1.29, 1.82) is 0 Å². The third kappa shape index (κ3) is 2.88. The smallest absolute Gasteiger partial charge is 0.0279 e. The second-order valence-electron chi connectivity index (χ2n) is 4.12. The van der Waals surface area contributed by atoms with Gasteiger partial charge in [0.25, 0.3) is 0 Å². The van der Waals surface area contributed by atoms with Gasteiger partial charge in [-0.15, -0.1) is 0 Å². The topological polar surface area (TPSA) is 26.0 Å². The summed E-state index contributed by atoms with van der Waals surface area (Å²) in [5, 5.41) is 0.906. The fraction of sp³-hybridized carbons (Fsp3) is 1.00. The Morgan fingerprint density at radius 3 is 2.15 bits per heavy atom. The molecule has 2 N–H and O–H groups in total. The second kappa shape index (κ2) is 5.26. The predicted molar refractivity (Wildman–Crippen MR) is 62.2 cm³/mol. The van der Waals surface area contributed by atoms with Gasteiger partial charge in [0.1, 0.15) is 0 Å². The Balaban J connectivity index is 2.44. The minimum atomic E-state index is 0.384. The number of hydrogen-bond donors (Lipinski definition) is 1. The zero-order valence-corrected chi connectivity index (χ0v) is 9.83. The summed E-state index contributed by atoms with van der Waals surface area (Å²) >= 11 is 2.17. The summed E-state index contributed by atoms with van der Waals surface area (Å²) in [5.74, 6) is 0. The van der Waals surface area contributed by atoms with Crippen LogP contribution in [0, 0.1) is 0 Å². The fourth-order valence-electron chi connectivity index (χ4n) is 2.11. The van der Waals surface area contributed by atoms with Gasteiger partial charge in [-0.05, 0) is 25.7 Å². The molecule has 0 aliphatic heterocycles. The molecule has 1 nitrogen and oxygen atoms in total. The molecule has 0 bridgehead atoms. The van der Waals surface area contributed by atoms with Gasteiger partial charge in [-0.3, -0.25) is 0 Å². The Labute approximate surface area is 86.8 Å². The van der Waals surface area contributed by atoms with Crippen LogP contribution >= 0.6 is 11.8 Å². The highest BCUT2D eigenvalue weighted by atomic mass is 32.2. The third-order valence-corrected chi connectivity index (χ3v) is 5.43. The van der Waals surface area contributed by atoms with E-state index in [0.717, 1.165) is 11.8 Å². The molecular formula is C11H23NS. The number of nitrogens with two attached hydrogens (primary N) is 1. The Morgan fingerprint density at radius 1 is 1.23 bits per heavy atom. The highest BCUT2D eigenvalue weighted by molar-refractivity contribution is 8.01. The highest BCUT2D eigenvalue weighted by Crippen LogP contribution is 2.41. The Morgan fingerprint density at radius 2 is 1.77 bits per heavy atom. The van der Waals surface area contributed by atoms with Gasteiger partial charge in [0.15, 0.2) is 0 Å². The lowest BCUT2D eigenvalue weighted by atomic mass is 10.0. The van der Waals surface area contributed by atoms with Crippen molar-refractivity contribution in [2.45, 2.75) is 62.4 Å². The minimum absolute atomic E-state index is 0.384. The summed E-state index contributed by atoms with van der Waals surface area (Å²) in [5.41, 5.74) is 5.89. The standard InChI is InChI=1S/C11H23NS/c1-3-11(4-2,9-12)13-10-7-5-6-8-10/h10H,3-9,12H2,1-2H3. The Kier molecular flexibility index (Phi) is 4.60. The van der Waals surface area contributed by atoms with E-state index in [1.165, 1.54) is 38.5 Å². The zero-order chi connectivity index (χ0) is 9.73. The van der Waals surface area contributed by atoms with Crippen molar-refractivity contribution in [3.05, 3.63) is 0 Å². The highest BCUT2D eigenvalue weighted by Gasteiger charge is 2.30. The van der Waals surface area contributed by atoms with Gasteiger partial charge in [0.05, 0.1) is 0 Å². The van der Waals surface area contributed by atoms with Crippen LogP contribution in [0.4, 0.5) is 0 Å². The maximum Gasteiger partial charge on any atom is 0.0279 e. The van der Waals surface area contributed by atoms with Crippen molar-refractivity contribution in [2.24, 2.45) is 5.73 Å². The summed E-state index contributed by atoms with van der Waals surface area (Å²) < 4.78 is 0.384. The van der Waals surface area contributed by atoms with Gasteiger partial charge in [-0.25, -0.2) is 0 Å². The van der Waals surface area contributed by atoms with E-state index in [-0.39, 0.29) is 0 Å². The lowest BCUT2D eigenvalue weighted by Gasteiger charge is -2.32. The van der Waals surface area contributed by atoms with Crippen molar-refractivity contribution in [1.82, 2.24) is 0 Å². The van der Waals surface area contributed by atoms with Crippen LogP contribution in [0.5, 0.6) is 0 Å². The van der Waals surface area contributed by atoms with Gasteiger partial charge in [0.2, 0.25) is 0 Å². The van der Waals surface area contributed by atoms with E-state index >= 15 is 0 Å². The van der Waals surface area contributed by atoms with Gasteiger partial charge in [0, 0.05) is 16.5 Å². The molecule has 1 aliphatic carbocycles. The van der Waals surface area contributed by atoms with Crippen LogP contribution in [-0.2, 0) is 0 Å². The molecule has 2 heteroatoms. The monoisotopic (exact) mass is 201 g/mol. The van der Waals surface area contributed by atoms with Gasteiger partial charge in [-0.1, -0.05) is 26.7 Å². The van der Waals surface area contributed by atoms with E-state index in [9.17, 15) is 0 Å². The molecule has 0 saturated heterocycles. The second-order valence-corrected chi connectivity index (χ2v) is 5.89. The molecule has 1 rings (SSSR count). The first-order valence-electron chi connectivity index (χ1n) is 5.64. The minimum Gasteiger partial charge on any atom is -0.329 e. The first-order chi connectivity index (χ1) is 6.26. The lowest BCUT2D eigenvalue weighted by Crippen LogP contribution is -2.34. The molecule has 1 aliphatic rings. The Bertz CT molecular complexity index is 129. The molecule has 0 unspecified atom stereocenters. The van der Waals surface area contributed by atoms with E-state index in [0.29, 0.717) is 4.75 Å². The van der Waals surface area contributed by atoms with Crippen LogP contribution < -0.4 is 5.73 Å². The number of hydrogen-bond acceptors (Lipinski definition) is 2. The molecule has 78 valence electrons. The average Bonchev–Trinajstić information content (AvgIpc) is 2.67. The molecule has 0 spiro atoms. The number of rotatable bonds is 5. The van der Waals surface area contributed by atoms with Crippen molar-refractivity contribution in [3.63, 3.8) is 0 Å². The van der Waals surface area contributed by atoms with Crippen LogP contribution in [-0.4, -0.2) is 16.5 Å². The molecule has 0 aromatic rings. The molecular weight excluding hydrogens is 178 g/mol. The van der Waals surface area contributed by atoms with E-state index in [2.05, 4.69) is 25.6 Å². The molecule has 0 aromatic heterocycles. The molecule has 0 atom stereocenters. The van der Waals surface area contributed by atoms with Crippen molar-refractivity contribution >= 4 is 11.8 Å². The molecule has 1 fully saturated rings. The van der Waals surface area contributed by atoms with Crippen LogP contribution in [0.2, 0.25) is 0 Å². The average molecular weight is 201 g/mol. The molecule has 13 heavy (non-hydrogen) atoms. The van der Waals surface area contributed by atoms with Gasteiger partial charge < -0.3 is 5.73 Å². The fourth-order valence-corrected chi connectivity index (χ4v) is 3.82. The summed E-state index contributed by atoms with van der Waals surface area (Å²) in [6.07, 6.45) is 8.17. The summed E-state index contributed by atoms with van der Waals surface area (Å²) in [4.78, 5) is 0. The van der Waals surface area contributed by atoms with Crippen LogP contribution in [0.15, 0.2) is 0 Å². The SMILES string of the molecule is CCC(CC)(CN)SC1CCCC1. The van der Waals surface area contributed by atoms with Gasteiger partial charge >= 0.3 is 0 Å². The first-order valence-corrected chi connectivity index (χ1v) is 6.52. The maximum atomic E-state index is 5.89. The molecule has 1 saturated carbocycles. The van der Waals surface area contributed by atoms with E-state index < -0.39 is 0 Å². The van der Waals surface area contributed by atoms with Crippen LogP contribution in [0.1, 0.15) is 52.4 Å². The van der Waals surface area contributed by atoms with Crippen molar-refractivity contribution in [3.8, 4) is 0 Å². The normalized spacial score (nSPS) is 19.6. The molecule has 0 aromatic carbocycles. The van der Waals surface area contributed by atoms with Gasteiger partial charge in [-0.2, -0.15) is 11.8 Å². The third-order valence-electron chi connectivity index (χ3n) is 3.38. The zero-order valence-electron chi connectivity index (χ0n) is 9.01. The van der Waals surface area contributed by atoms with E-state index in [1.54, 1.807) is 0 Å². The lowest BCUT2D eigenvalue weighted by molar-refractivity contribution is 0.554. The Hall–Kier alpha value is 0.310. The van der Waals surface area contributed by atoms with Crippen molar-refractivity contribution in [2.75, 3.05) is 6.54 Å². The maximum absolute atomic E-state index is 5.89. The summed E-state index contributed by atoms with van der Waals surface area (Å²) in [6.45, 7) is 5.40. The van der Waals surface area contributed by atoms with Crippen molar-refractivity contribution < 1.29 is 0 Å². The van der Waals surface area contributed by atoms with Crippen LogP contribution in [0.3, 0.4) is 0 Å². The summed E-state index contributed by atoms with van der Waals surface area (Å²) in [6, 6.07) is 0. The van der Waals surface area contributed by atoms with Crippen LogP contribution in [0.25, 0.3) is 0 Å². The molecule has 0 amide bonds. The molecule has 0 radical (unpaired) electrons. The summed E-state index contributed by atoms with van der Waals surface area (Å²) in [7, 11) is 0. The quantitative estimate of drug-likeness (QED) is 0.739. The largest absolute Gasteiger partial charge is 0.329 e. The van der Waals surface area contributed by atoms with E-state index in [4.69, 9.17) is 5.73 Å².